The Hall–Kier alpha value is -1.63. The second-order valence-electron chi connectivity index (χ2n) is 5.72. The molecule has 0 amide bonds. The summed E-state index contributed by atoms with van der Waals surface area (Å²) >= 11 is 2.21. The van der Waals surface area contributed by atoms with Crippen LogP contribution in [0.1, 0.15) is 16.7 Å². The number of hydrogen-bond acceptors (Lipinski definition) is 2. The maximum absolute atomic E-state index is 13.4. The van der Waals surface area contributed by atoms with E-state index in [0.29, 0.717) is 6.42 Å². The van der Waals surface area contributed by atoms with E-state index in [1.165, 1.54) is 12.1 Å². The molecule has 1 aliphatic rings. The third-order valence-corrected chi connectivity index (χ3v) is 5.56. The smallest absolute Gasteiger partial charge is 0.330 e. The number of rotatable bonds is 3. The number of nitrogens with one attached hydrogen (secondary N) is 1. The van der Waals surface area contributed by atoms with E-state index in [0.717, 1.165) is 25.9 Å². The fourth-order valence-electron chi connectivity index (χ4n) is 2.94. The molecule has 2 N–H and O–H groups in total. The average Bonchev–Trinajstić information content (AvgIpc) is 2.82. The number of carboxylic acid groups (broad SMARTS) is 1. The van der Waals surface area contributed by atoms with Gasteiger partial charge in [0.25, 0.3) is 0 Å². The van der Waals surface area contributed by atoms with E-state index in [9.17, 15) is 14.3 Å². The van der Waals surface area contributed by atoms with Crippen molar-refractivity contribution in [2.75, 3.05) is 5.32 Å². The monoisotopic (exact) mass is 411 g/mol. The van der Waals surface area contributed by atoms with Crippen molar-refractivity contribution in [1.82, 2.24) is 0 Å². The lowest BCUT2D eigenvalue weighted by Crippen LogP contribution is -2.47. The fourth-order valence-corrected chi connectivity index (χ4v) is 3.43. The zero-order valence-corrected chi connectivity index (χ0v) is 14.1. The quantitative estimate of drug-likeness (QED) is 0.757. The highest BCUT2D eigenvalue weighted by molar-refractivity contribution is 14.1. The number of anilines is 1. The standard InChI is InChI=1S/C17H15FINO2/c1-10-3-2-4-14(15(10)19)20-17(16(21)22)8-11-5-6-13(18)7-12(11)9-17/h2-7,20H,8-9H2,1H3,(H,21,22). The second-order valence-corrected chi connectivity index (χ2v) is 6.79. The summed E-state index contributed by atoms with van der Waals surface area (Å²) in [5.41, 5.74) is 2.42. The first-order valence-corrected chi connectivity index (χ1v) is 8.03. The van der Waals surface area contributed by atoms with Crippen LogP contribution < -0.4 is 5.32 Å². The van der Waals surface area contributed by atoms with E-state index in [1.807, 2.05) is 25.1 Å². The summed E-state index contributed by atoms with van der Waals surface area (Å²) in [4.78, 5) is 11.9. The molecule has 0 heterocycles. The molecule has 0 aliphatic heterocycles. The van der Waals surface area contributed by atoms with Gasteiger partial charge < -0.3 is 10.4 Å². The van der Waals surface area contributed by atoms with Crippen molar-refractivity contribution >= 4 is 34.2 Å². The summed E-state index contributed by atoms with van der Waals surface area (Å²) in [7, 11) is 0. The second kappa shape index (κ2) is 5.53. The number of hydrogen-bond donors (Lipinski definition) is 2. The number of fused-ring (bicyclic) bond motifs is 1. The van der Waals surface area contributed by atoms with Crippen LogP contribution in [-0.4, -0.2) is 16.6 Å². The lowest BCUT2D eigenvalue weighted by atomic mass is 9.95. The minimum absolute atomic E-state index is 0.277. The number of carboxylic acids is 1. The van der Waals surface area contributed by atoms with Crippen LogP contribution in [0.25, 0.3) is 0 Å². The van der Waals surface area contributed by atoms with Crippen molar-refractivity contribution < 1.29 is 14.3 Å². The Balaban J connectivity index is 1.99. The Labute approximate surface area is 141 Å². The molecule has 3 rings (SSSR count). The summed E-state index contributed by atoms with van der Waals surface area (Å²) in [6.07, 6.45) is 0.626. The number of halogens is 2. The first-order valence-electron chi connectivity index (χ1n) is 6.95. The van der Waals surface area contributed by atoms with Crippen LogP contribution in [0.5, 0.6) is 0 Å². The molecule has 2 aromatic carbocycles. The van der Waals surface area contributed by atoms with Gasteiger partial charge in [-0.15, -0.1) is 0 Å². The molecule has 3 nitrogen and oxygen atoms in total. The van der Waals surface area contributed by atoms with Crippen molar-refractivity contribution in [3.63, 3.8) is 0 Å². The van der Waals surface area contributed by atoms with Crippen LogP contribution in [0, 0.1) is 16.3 Å². The van der Waals surface area contributed by atoms with Gasteiger partial charge in [-0.3, -0.25) is 0 Å². The van der Waals surface area contributed by atoms with Crippen LogP contribution in [-0.2, 0) is 17.6 Å². The molecule has 0 saturated heterocycles. The molecule has 2 aromatic rings. The van der Waals surface area contributed by atoms with Crippen molar-refractivity contribution in [2.45, 2.75) is 25.3 Å². The molecule has 22 heavy (non-hydrogen) atoms. The topological polar surface area (TPSA) is 49.3 Å². The third kappa shape index (κ3) is 2.58. The summed E-state index contributed by atoms with van der Waals surface area (Å²) < 4.78 is 14.4. The third-order valence-electron chi connectivity index (χ3n) is 4.13. The van der Waals surface area contributed by atoms with E-state index < -0.39 is 11.5 Å². The maximum atomic E-state index is 13.4. The van der Waals surface area contributed by atoms with Gasteiger partial charge >= 0.3 is 5.97 Å². The van der Waals surface area contributed by atoms with Crippen LogP contribution in [0.2, 0.25) is 0 Å². The van der Waals surface area contributed by atoms with Crippen molar-refractivity contribution in [1.29, 1.82) is 0 Å². The highest BCUT2D eigenvalue weighted by Crippen LogP contribution is 2.35. The van der Waals surface area contributed by atoms with Gasteiger partial charge in [0.2, 0.25) is 0 Å². The van der Waals surface area contributed by atoms with Crippen LogP contribution in [0.4, 0.5) is 10.1 Å². The molecule has 114 valence electrons. The lowest BCUT2D eigenvalue weighted by molar-refractivity contribution is -0.142. The van der Waals surface area contributed by atoms with Crippen LogP contribution in [0.15, 0.2) is 36.4 Å². The Morgan fingerprint density at radius 2 is 2.00 bits per heavy atom. The Morgan fingerprint density at radius 1 is 1.27 bits per heavy atom. The first kappa shape index (κ1) is 15.3. The van der Waals surface area contributed by atoms with Crippen LogP contribution >= 0.6 is 22.6 Å². The Bertz CT molecular complexity index is 762. The highest BCUT2D eigenvalue weighted by Gasteiger charge is 2.44. The summed E-state index contributed by atoms with van der Waals surface area (Å²) in [5.74, 6) is -1.24. The van der Waals surface area contributed by atoms with Gasteiger partial charge in [0, 0.05) is 22.1 Å². The fraction of sp³-hybridized carbons (Fsp3) is 0.235. The molecule has 0 saturated carbocycles. The van der Waals surface area contributed by atoms with E-state index in [4.69, 9.17) is 0 Å². The molecule has 1 unspecified atom stereocenters. The van der Waals surface area contributed by atoms with Gasteiger partial charge in [-0.25, -0.2) is 9.18 Å². The molecular weight excluding hydrogens is 396 g/mol. The molecular formula is C17H15FINO2. The minimum Gasteiger partial charge on any atom is -0.479 e. The van der Waals surface area contributed by atoms with Crippen molar-refractivity contribution in [2.24, 2.45) is 0 Å². The van der Waals surface area contributed by atoms with Crippen LogP contribution in [0.3, 0.4) is 0 Å². The van der Waals surface area contributed by atoms with Gasteiger partial charge in [0.15, 0.2) is 0 Å². The molecule has 0 bridgehead atoms. The van der Waals surface area contributed by atoms with Gasteiger partial charge in [-0.05, 0) is 64.4 Å². The normalized spacial score (nSPS) is 19.8. The zero-order chi connectivity index (χ0) is 15.9. The Kier molecular flexibility index (Phi) is 3.84. The van der Waals surface area contributed by atoms with E-state index in [-0.39, 0.29) is 12.2 Å². The highest BCUT2D eigenvalue weighted by atomic mass is 127. The predicted molar refractivity (Wildman–Crippen MR) is 91.7 cm³/mol. The van der Waals surface area contributed by atoms with E-state index in [1.54, 1.807) is 6.07 Å². The number of aliphatic carboxylic acids is 1. The minimum atomic E-state index is -1.12. The Morgan fingerprint density at radius 3 is 2.73 bits per heavy atom. The number of benzene rings is 2. The summed E-state index contributed by atoms with van der Waals surface area (Å²) in [5, 5.41) is 13.0. The van der Waals surface area contributed by atoms with Crippen molar-refractivity contribution in [3.8, 4) is 0 Å². The van der Waals surface area contributed by atoms with E-state index >= 15 is 0 Å². The maximum Gasteiger partial charge on any atom is 0.330 e. The average molecular weight is 411 g/mol. The first-order chi connectivity index (χ1) is 10.4. The molecule has 1 atom stereocenters. The SMILES string of the molecule is Cc1cccc(NC2(C(=O)O)Cc3ccc(F)cc3C2)c1I. The largest absolute Gasteiger partial charge is 0.479 e. The molecule has 5 heteroatoms. The number of aryl methyl sites for hydroxylation is 1. The van der Waals surface area contributed by atoms with Crippen molar-refractivity contribution in [3.05, 3.63) is 62.5 Å². The molecule has 0 radical (unpaired) electrons. The molecule has 1 aliphatic carbocycles. The van der Waals surface area contributed by atoms with Gasteiger partial charge in [0.05, 0.1) is 0 Å². The van der Waals surface area contributed by atoms with Gasteiger partial charge in [0.1, 0.15) is 11.4 Å². The van der Waals surface area contributed by atoms with E-state index in [2.05, 4.69) is 27.9 Å². The molecule has 0 aromatic heterocycles. The predicted octanol–water partition coefficient (Wildman–Crippen LogP) is 3.77. The molecule has 0 fully saturated rings. The van der Waals surface area contributed by atoms with Gasteiger partial charge in [-0.2, -0.15) is 0 Å². The van der Waals surface area contributed by atoms with Gasteiger partial charge in [-0.1, -0.05) is 18.2 Å². The summed E-state index contributed by atoms with van der Waals surface area (Å²) in [6, 6.07) is 10.3. The molecule has 0 spiro atoms. The number of carbonyl (C=O) groups is 1. The zero-order valence-electron chi connectivity index (χ0n) is 12.0. The summed E-state index contributed by atoms with van der Waals surface area (Å²) in [6.45, 7) is 1.99. The lowest BCUT2D eigenvalue weighted by Gasteiger charge is -2.27.